The highest BCUT2D eigenvalue weighted by Crippen LogP contribution is 2.31. The summed E-state index contributed by atoms with van der Waals surface area (Å²) < 4.78 is 48.8. The third kappa shape index (κ3) is 5.99. The molecule has 0 amide bonds. The van der Waals surface area contributed by atoms with Gasteiger partial charge in [-0.05, 0) is 37.1 Å². The Bertz CT molecular complexity index is 852. The van der Waals surface area contributed by atoms with Crippen LogP contribution in [0.1, 0.15) is 28.8 Å². The summed E-state index contributed by atoms with van der Waals surface area (Å²) in [5, 5.41) is 4.47. The van der Waals surface area contributed by atoms with Gasteiger partial charge in [0.2, 0.25) is 0 Å². The van der Waals surface area contributed by atoms with E-state index in [1.165, 1.54) is 0 Å². The quantitative estimate of drug-likeness (QED) is 0.530. The lowest BCUT2D eigenvalue weighted by atomic mass is 10.1. The summed E-state index contributed by atoms with van der Waals surface area (Å²) >= 11 is 0.949. The zero-order chi connectivity index (χ0) is 21.6. The first-order valence-electron chi connectivity index (χ1n) is 8.92. The van der Waals surface area contributed by atoms with Gasteiger partial charge in [-0.15, -0.1) is 11.3 Å². The van der Waals surface area contributed by atoms with Crippen molar-refractivity contribution in [3.05, 3.63) is 39.3 Å². The zero-order valence-corrected chi connectivity index (χ0v) is 17.9. The number of ether oxygens (including phenoxy) is 2. The Kier molecular flexibility index (Phi) is 7.72. The maximum Gasteiger partial charge on any atom is 0.434 e. The summed E-state index contributed by atoms with van der Waals surface area (Å²) in [5.41, 5.74) is 1.16. The van der Waals surface area contributed by atoms with E-state index in [9.17, 15) is 13.2 Å². The van der Waals surface area contributed by atoms with Crippen molar-refractivity contribution in [2.45, 2.75) is 33.1 Å². The van der Waals surface area contributed by atoms with Gasteiger partial charge in [0.15, 0.2) is 23.2 Å². The molecule has 2 aromatic rings. The topological polar surface area (TPSA) is 59.0 Å². The number of aryl methyl sites for hydroxylation is 1. The molecular formula is C19H25F3N4O2S. The highest BCUT2D eigenvalue weighted by Gasteiger charge is 2.33. The van der Waals surface area contributed by atoms with E-state index in [0.29, 0.717) is 35.6 Å². The van der Waals surface area contributed by atoms with Crippen molar-refractivity contribution < 1.29 is 22.6 Å². The monoisotopic (exact) mass is 430 g/mol. The van der Waals surface area contributed by atoms with Crippen LogP contribution in [0.4, 0.5) is 13.2 Å². The lowest BCUT2D eigenvalue weighted by Crippen LogP contribution is -2.38. The van der Waals surface area contributed by atoms with Gasteiger partial charge in [-0.2, -0.15) is 13.2 Å². The van der Waals surface area contributed by atoms with Gasteiger partial charge in [0, 0.05) is 25.5 Å². The van der Waals surface area contributed by atoms with Gasteiger partial charge >= 0.3 is 6.18 Å². The number of halogens is 3. The van der Waals surface area contributed by atoms with Crippen molar-refractivity contribution in [1.29, 1.82) is 0 Å². The van der Waals surface area contributed by atoms with E-state index in [2.05, 4.69) is 15.3 Å². The van der Waals surface area contributed by atoms with Crippen LogP contribution in [-0.2, 0) is 19.3 Å². The highest BCUT2D eigenvalue weighted by molar-refractivity contribution is 7.09. The minimum atomic E-state index is -4.44. The first-order chi connectivity index (χ1) is 13.7. The Morgan fingerprint density at radius 2 is 1.90 bits per heavy atom. The van der Waals surface area contributed by atoms with Gasteiger partial charge in [-0.25, -0.2) is 9.98 Å². The third-order valence-corrected chi connectivity index (χ3v) is 4.99. The molecule has 10 heteroatoms. The van der Waals surface area contributed by atoms with Gasteiger partial charge in [-0.1, -0.05) is 0 Å². The van der Waals surface area contributed by atoms with Crippen LogP contribution in [-0.4, -0.2) is 43.7 Å². The largest absolute Gasteiger partial charge is 0.493 e. The molecule has 6 nitrogen and oxygen atoms in total. The molecule has 1 N–H and O–H groups in total. The van der Waals surface area contributed by atoms with E-state index in [1.54, 1.807) is 14.2 Å². The molecule has 0 unspecified atom stereocenters. The molecule has 0 atom stereocenters. The minimum Gasteiger partial charge on any atom is -0.493 e. The SMILES string of the molecule is CCNC(=NCc1nc(C(F)(F)F)cs1)N(C)Cc1cc(OC)c(OC)cc1C. The normalized spacial score (nSPS) is 12.1. The number of benzene rings is 1. The molecule has 0 saturated carbocycles. The summed E-state index contributed by atoms with van der Waals surface area (Å²) in [5.74, 6) is 1.86. The molecule has 1 heterocycles. The summed E-state index contributed by atoms with van der Waals surface area (Å²) in [6, 6.07) is 3.81. The molecule has 0 aliphatic carbocycles. The number of rotatable bonds is 7. The molecule has 1 aromatic carbocycles. The predicted molar refractivity (Wildman–Crippen MR) is 108 cm³/mol. The molecule has 160 valence electrons. The van der Waals surface area contributed by atoms with E-state index < -0.39 is 11.9 Å². The Hall–Kier alpha value is -2.49. The molecule has 1 aromatic heterocycles. The number of hydrogen-bond acceptors (Lipinski definition) is 5. The van der Waals surface area contributed by atoms with Crippen LogP contribution in [0.5, 0.6) is 11.5 Å². The van der Waals surface area contributed by atoms with Gasteiger partial charge < -0.3 is 19.7 Å². The average Bonchev–Trinajstić information content (AvgIpc) is 3.15. The van der Waals surface area contributed by atoms with Crippen molar-refractivity contribution in [3.63, 3.8) is 0 Å². The summed E-state index contributed by atoms with van der Waals surface area (Å²) in [7, 11) is 5.03. The van der Waals surface area contributed by atoms with E-state index in [0.717, 1.165) is 27.8 Å². The number of methoxy groups -OCH3 is 2. The number of thiazole rings is 1. The van der Waals surface area contributed by atoms with Crippen molar-refractivity contribution in [2.75, 3.05) is 27.8 Å². The fraction of sp³-hybridized carbons (Fsp3) is 0.474. The number of aromatic nitrogens is 1. The second kappa shape index (κ2) is 9.82. The standard InChI is InChI=1S/C19H25F3N4O2S/c1-6-23-18(24-9-17-25-16(11-29-17)19(20,21)22)26(3)10-13-8-15(28-5)14(27-4)7-12(13)2/h7-8,11H,6,9-10H2,1-5H3,(H,23,24). The molecular weight excluding hydrogens is 405 g/mol. The van der Waals surface area contributed by atoms with Gasteiger partial charge in [0.25, 0.3) is 0 Å². The first kappa shape index (κ1) is 22.8. The zero-order valence-electron chi connectivity index (χ0n) is 17.1. The second-order valence-corrected chi connectivity index (χ2v) is 7.23. The van der Waals surface area contributed by atoms with Crippen LogP contribution in [0.15, 0.2) is 22.5 Å². The minimum absolute atomic E-state index is 0.0678. The maximum atomic E-state index is 12.7. The van der Waals surface area contributed by atoms with E-state index in [-0.39, 0.29) is 6.54 Å². The van der Waals surface area contributed by atoms with Gasteiger partial charge in [0.05, 0.1) is 20.8 Å². The second-order valence-electron chi connectivity index (χ2n) is 6.28. The van der Waals surface area contributed by atoms with Crippen LogP contribution in [0.3, 0.4) is 0 Å². The van der Waals surface area contributed by atoms with Crippen LogP contribution in [0, 0.1) is 6.92 Å². The molecule has 0 radical (unpaired) electrons. The van der Waals surface area contributed by atoms with Crippen LogP contribution >= 0.6 is 11.3 Å². The highest BCUT2D eigenvalue weighted by atomic mass is 32.1. The molecule has 0 aliphatic heterocycles. The number of guanidine groups is 1. The number of aliphatic imine (C=N–C) groups is 1. The fourth-order valence-corrected chi connectivity index (χ4v) is 3.37. The molecule has 0 aliphatic rings. The average molecular weight is 430 g/mol. The molecule has 0 bridgehead atoms. The van der Waals surface area contributed by atoms with Crippen LogP contribution in [0.2, 0.25) is 0 Å². The van der Waals surface area contributed by atoms with Crippen molar-refractivity contribution in [2.24, 2.45) is 4.99 Å². The molecule has 0 fully saturated rings. The smallest absolute Gasteiger partial charge is 0.434 e. The third-order valence-electron chi connectivity index (χ3n) is 4.15. The van der Waals surface area contributed by atoms with Crippen molar-refractivity contribution >= 4 is 17.3 Å². The van der Waals surface area contributed by atoms with Gasteiger partial charge in [0.1, 0.15) is 5.01 Å². The summed E-state index contributed by atoms with van der Waals surface area (Å²) in [6.07, 6.45) is -4.44. The number of nitrogens with one attached hydrogen (secondary N) is 1. The van der Waals surface area contributed by atoms with Crippen LogP contribution in [0.25, 0.3) is 0 Å². The van der Waals surface area contributed by atoms with Crippen molar-refractivity contribution in [3.8, 4) is 11.5 Å². The number of nitrogens with zero attached hydrogens (tertiary/aromatic N) is 3. The van der Waals surface area contributed by atoms with Crippen molar-refractivity contribution in [1.82, 2.24) is 15.2 Å². The fourth-order valence-electron chi connectivity index (χ4n) is 2.65. The molecule has 0 saturated heterocycles. The lowest BCUT2D eigenvalue weighted by Gasteiger charge is -2.23. The number of hydrogen-bond donors (Lipinski definition) is 1. The predicted octanol–water partition coefficient (Wildman–Crippen LogP) is 4.09. The molecule has 0 spiro atoms. The molecule has 2 rings (SSSR count). The van der Waals surface area contributed by atoms with E-state index in [4.69, 9.17) is 9.47 Å². The summed E-state index contributed by atoms with van der Waals surface area (Å²) in [4.78, 5) is 9.96. The molecule has 29 heavy (non-hydrogen) atoms. The first-order valence-corrected chi connectivity index (χ1v) is 9.80. The summed E-state index contributed by atoms with van der Waals surface area (Å²) in [6.45, 7) is 5.13. The van der Waals surface area contributed by atoms with Crippen LogP contribution < -0.4 is 14.8 Å². The maximum absolute atomic E-state index is 12.7. The Balaban J connectivity index is 2.18. The lowest BCUT2D eigenvalue weighted by molar-refractivity contribution is -0.140. The van der Waals surface area contributed by atoms with Gasteiger partial charge in [-0.3, -0.25) is 0 Å². The van der Waals surface area contributed by atoms with E-state index in [1.807, 2.05) is 37.9 Å². The Morgan fingerprint density at radius 1 is 1.24 bits per heavy atom. The number of alkyl halides is 3. The van der Waals surface area contributed by atoms with E-state index >= 15 is 0 Å². The Morgan fingerprint density at radius 3 is 2.45 bits per heavy atom. The Labute approximate surface area is 172 Å².